The Morgan fingerprint density at radius 3 is 2.18 bits per heavy atom. The predicted molar refractivity (Wildman–Crippen MR) is 85.1 cm³/mol. The van der Waals surface area contributed by atoms with Crippen LogP contribution in [0, 0.1) is 11.8 Å². The van der Waals surface area contributed by atoms with Gasteiger partial charge in [-0.25, -0.2) is 0 Å². The van der Waals surface area contributed by atoms with E-state index in [2.05, 4.69) is 0 Å². The molecule has 0 heterocycles. The molecule has 3 atom stereocenters. The van der Waals surface area contributed by atoms with Crippen molar-refractivity contribution in [3.8, 4) is 0 Å². The fourth-order valence-corrected chi connectivity index (χ4v) is 3.41. The summed E-state index contributed by atoms with van der Waals surface area (Å²) < 4.78 is 49.7. The summed E-state index contributed by atoms with van der Waals surface area (Å²) in [5.41, 5.74) is 0. The molecule has 0 N–H and O–H groups in total. The van der Waals surface area contributed by atoms with E-state index in [4.69, 9.17) is 13.7 Å². The van der Waals surface area contributed by atoms with Crippen molar-refractivity contribution in [3.05, 3.63) is 0 Å². The highest BCUT2D eigenvalue weighted by molar-refractivity contribution is 7.86. The van der Waals surface area contributed by atoms with Crippen LogP contribution in [0.5, 0.6) is 0 Å². The van der Waals surface area contributed by atoms with Gasteiger partial charge in [0, 0.05) is 6.61 Å². The van der Waals surface area contributed by atoms with Crippen molar-refractivity contribution in [1.29, 1.82) is 0 Å². The molecular weight excluding hydrogens is 331 g/mol. The number of hydrogen-bond donors (Lipinski definition) is 0. The summed E-state index contributed by atoms with van der Waals surface area (Å²) >= 11 is 0. The van der Waals surface area contributed by atoms with Crippen LogP contribution < -0.4 is 0 Å². The van der Waals surface area contributed by atoms with E-state index in [9.17, 15) is 17.8 Å². The van der Waals surface area contributed by atoms with Gasteiger partial charge in [0.2, 0.25) is 0 Å². The molecule has 0 fully saturated rings. The van der Waals surface area contributed by atoms with Gasteiger partial charge in [0.15, 0.2) is 5.34 Å². The fraction of sp³-hybridized carbons (Fsp3) is 0.923. The van der Waals surface area contributed by atoms with E-state index in [0.29, 0.717) is 6.42 Å². The molecule has 0 aliphatic rings. The van der Waals surface area contributed by atoms with E-state index in [0.717, 1.165) is 6.26 Å². The van der Waals surface area contributed by atoms with E-state index < -0.39 is 42.4 Å². The summed E-state index contributed by atoms with van der Waals surface area (Å²) in [6.45, 7) is 7.05. The number of hydrogen-bond acceptors (Lipinski definition) is 7. The van der Waals surface area contributed by atoms with Crippen molar-refractivity contribution in [3.63, 3.8) is 0 Å². The Labute approximate surface area is 134 Å². The summed E-state index contributed by atoms with van der Waals surface area (Å²) in [6, 6.07) is 0. The average Bonchev–Trinajstić information content (AvgIpc) is 2.40. The topological polar surface area (TPSA) is 96.0 Å². The molecule has 132 valence electrons. The first-order valence-electron chi connectivity index (χ1n) is 7.23. The van der Waals surface area contributed by atoms with E-state index in [1.807, 2.05) is 13.8 Å². The molecule has 0 bridgehead atoms. The maximum Gasteiger partial charge on any atom is 0.312 e. The zero-order chi connectivity index (χ0) is 17.4. The van der Waals surface area contributed by atoms with Gasteiger partial charge in [-0.05, 0) is 26.2 Å². The molecule has 0 amide bonds. The zero-order valence-corrected chi connectivity index (χ0v) is 15.8. The molecule has 7 nitrogen and oxygen atoms in total. The highest BCUT2D eigenvalue weighted by Gasteiger charge is 2.46. The van der Waals surface area contributed by atoms with Gasteiger partial charge in [-0.15, -0.1) is 0 Å². The molecule has 0 saturated heterocycles. The molecule has 0 rings (SSSR count). The summed E-state index contributed by atoms with van der Waals surface area (Å²) in [5, 5.41) is -1.48. The first-order chi connectivity index (χ1) is 10.1. The van der Waals surface area contributed by atoms with Crippen LogP contribution in [0.2, 0.25) is 0 Å². The smallest absolute Gasteiger partial charge is 0.312 e. The molecule has 0 saturated carbocycles. The van der Waals surface area contributed by atoms with E-state index in [1.165, 1.54) is 0 Å². The highest BCUT2D eigenvalue weighted by atomic mass is 32.2. The lowest BCUT2D eigenvalue weighted by molar-refractivity contribution is -0.159. The minimum Gasteiger partial charge on any atom is -0.466 e. The van der Waals surface area contributed by atoms with E-state index >= 15 is 0 Å². The number of ether oxygens (including phenoxy) is 2. The van der Waals surface area contributed by atoms with Gasteiger partial charge < -0.3 is 14.0 Å². The van der Waals surface area contributed by atoms with E-state index in [1.54, 1.807) is 13.8 Å². The Morgan fingerprint density at radius 2 is 1.82 bits per heavy atom. The maximum atomic E-state index is 12.3. The van der Waals surface area contributed by atoms with Crippen LogP contribution in [0.25, 0.3) is 0 Å². The van der Waals surface area contributed by atoms with Gasteiger partial charge in [0.05, 0.1) is 27.2 Å². The van der Waals surface area contributed by atoms with Crippen molar-refractivity contribution >= 4 is 24.5 Å². The molecule has 0 aromatic carbocycles. The molecular formula is C13H27O7PS. The molecule has 9 heteroatoms. The van der Waals surface area contributed by atoms with Crippen LogP contribution in [0.3, 0.4) is 0 Å². The molecule has 0 aromatic rings. The Morgan fingerprint density at radius 1 is 1.23 bits per heavy atom. The lowest BCUT2D eigenvalue weighted by atomic mass is 9.91. The largest absolute Gasteiger partial charge is 0.466 e. The summed E-state index contributed by atoms with van der Waals surface area (Å²) in [4.78, 5) is 12.3. The number of rotatable bonds is 11. The molecule has 0 aliphatic heterocycles. The summed E-state index contributed by atoms with van der Waals surface area (Å²) in [7, 11) is -5.37. The minimum absolute atomic E-state index is 0.110. The standard InChI is InChI=1S/C13H27O7PS/c1-6-18-12(14)11(8-10(3)4)13(21-15,19-7-2)9-20-22(5,16)17/h10-11H,6-9,21H2,1-5H3. The molecule has 22 heavy (non-hydrogen) atoms. The quantitative estimate of drug-likeness (QED) is 0.315. The normalized spacial score (nSPS) is 16.8. The van der Waals surface area contributed by atoms with Gasteiger partial charge in [-0.3, -0.25) is 8.98 Å². The first kappa shape index (κ1) is 21.6. The van der Waals surface area contributed by atoms with Crippen molar-refractivity contribution in [2.75, 3.05) is 26.1 Å². The van der Waals surface area contributed by atoms with Gasteiger partial charge in [-0.2, -0.15) is 8.42 Å². The van der Waals surface area contributed by atoms with E-state index in [-0.39, 0.29) is 19.1 Å². The predicted octanol–water partition coefficient (Wildman–Crippen LogP) is 1.68. The zero-order valence-electron chi connectivity index (χ0n) is 13.8. The molecule has 0 aliphatic carbocycles. The van der Waals surface area contributed by atoms with Crippen LogP contribution in [-0.2, 0) is 33.1 Å². The van der Waals surface area contributed by atoms with Gasteiger partial charge in [0.1, 0.15) is 6.61 Å². The Kier molecular flexibility index (Phi) is 9.46. The molecule has 0 aromatic heterocycles. The van der Waals surface area contributed by atoms with Crippen molar-refractivity contribution < 1.29 is 31.4 Å². The second-order valence-corrected chi connectivity index (χ2v) is 8.26. The van der Waals surface area contributed by atoms with Crippen LogP contribution in [0.4, 0.5) is 0 Å². The third-order valence-electron chi connectivity index (χ3n) is 2.98. The second-order valence-electron chi connectivity index (χ2n) is 5.41. The number of esters is 1. The van der Waals surface area contributed by atoms with Crippen molar-refractivity contribution in [2.45, 2.75) is 39.5 Å². The minimum atomic E-state index is -3.74. The fourth-order valence-electron chi connectivity index (χ4n) is 2.07. The monoisotopic (exact) mass is 358 g/mol. The third kappa shape index (κ3) is 7.22. The molecule has 0 radical (unpaired) electrons. The van der Waals surface area contributed by atoms with Crippen LogP contribution in [-0.4, -0.2) is 45.8 Å². The van der Waals surface area contributed by atoms with Crippen LogP contribution in [0.1, 0.15) is 34.1 Å². The summed E-state index contributed by atoms with van der Waals surface area (Å²) in [6.07, 6.45) is 1.26. The highest BCUT2D eigenvalue weighted by Crippen LogP contribution is 2.38. The van der Waals surface area contributed by atoms with Gasteiger partial charge in [-0.1, -0.05) is 13.8 Å². The Balaban J connectivity index is 5.60. The SMILES string of the molecule is CCOC(=O)C(CC(C)C)C(COS(C)(=O)=O)(OCC)[PH2]=O. The van der Waals surface area contributed by atoms with Gasteiger partial charge in [0.25, 0.3) is 10.1 Å². The number of carbonyl (C=O) groups is 1. The first-order valence-corrected chi connectivity index (χ1v) is 10.1. The van der Waals surface area contributed by atoms with Crippen LogP contribution >= 0.6 is 8.46 Å². The lowest BCUT2D eigenvalue weighted by Crippen LogP contribution is -2.46. The second kappa shape index (κ2) is 9.65. The van der Waals surface area contributed by atoms with Crippen LogP contribution in [0.15, 0.2) is 0 Å². The Hall–Kier alpha value is -0.430. The van der Waals surface area contributed by atoms with Crippen molar-refractivity contribution in [1.82, 2.24) is 0 Å². The molecule has 0 spiro atoms. The lowest BCUT2D eigenvalue weighted by Gasteiger charge is -2.35. The van der Waals surface area contributed by atoms with Gasteiger partial charge >= 0.3 is 5.97 Å². The van der Waals surface area contributed by atoms with Crippen molar-refractivity contribution in [2.24, 2.45) is 11.8 Å². The number of carbonyl (C=O) groups excluding carboxylic acids is 1. The third-order valence-corrected chi connectivity index (χ3v) is 4.66. The molecule has 3 unspecified atom stereocenters. The maximum absolute atomic E-state index is 12.3. The summed E-state index contributed by atoms with van der Waals surface area (Å²) in [5.74, 6) is -1.29. The average molecular weight is 358 g/mol. The Bertz CT molecular complexity index is 463.